The van der Waals surface area contributed by atoms with Gasteiger partial charge in [0.15, 0.2) is 0 Å². The molecule has 0 aliphatic rings. The van der Waals surface area contributed by atoms with Crippen molar-refractivity contribution in [3.05, 3.63) is 41.1 Å². The Balaban J connectivity index is 2.88. The third-order valence-corrected chi connectivity index (χ3v) is 1.75. The molecule has 0 atom stereocenters. The highest BCUT2D eigenvalue weighted by Crippen LogP contribution is 2.06. The molecule has 0 amide bonds. The first kappa shape index (κ1) is 9.85. The van der Waals surface area contributed by atoms with Gasteiger partial charge in [-0.3, -0.25) is 0 Å². The molecule has 1 rings (SSSR count). The van der Waals surface area contributed by atoms with E-state index in [9.17, 15) is 16.7 Å². The molecular weight excluding hydrogens is 198 g/mol. The molecule has 13 heavy (non-hydrogen) atoms. The fourth-order valence-electron chi connectivity index (χ4n) is 0.734. The van der Waals surface area contributed by atoms with E-state index in [1.165, 1.54) is 12.1 Å². The predicted octanol–water partition coefficient (Wildman–Crippen LogP) is 2.10. The maximum atomic E-state index is 12.3. The molecule has 0 aliphatic carbocycles. The molecular formula is C8H6F2O2S. The molecule has 0 unspecified atom stereocenters. The van der Waals surface area contributed by atoms with Crippen LogP contribution in [0.4, 0.5) is 8.28 Å². The van der Waals surface area contributed by atoms with Crippen LogP contribution in [-0.4, -0.2) is 8.42 Å². The normalized spacial score (nSPS) is 12.2. The smallest absolute Gasteiger partial charge is 0.207 e. The fourth-order valence-corrected chi connectivity index (χ4v) is 1.05. The topological polar surface area (TPSA) is 34.1 Å². The van der Waals surface area contributed by atoms with Crippen molar-refractivity contribution in [2.75, 3.05) is 0 Å². The standard InChI is InChI=1S/C8H6F2O2S/c9-8-3-1-7(2-4-8)5-6-13(10,11)12/h1-6H/b6-5-. The Kier molecular flexibility index (Phi) is 2.77. The third-order valence-electron chi connectivity index (χ3n) is 1.29. The quantitative estimate of drug-likeness (QED) is 0.691. The lowest BCUT2D eigenvalue weighted by atomic mass is 10.2. The highest BCUT2D eigenvalue weighted by atomic mass is 32.3. The van der Waals surface area contributed by atoms with Gasteiger partial charge in [-0.15, -0.1) is 3.89 Å². The van der Waals surface area contributed by atoms with Crippen LogP contribution in [-0.2, 0) is 10.2 Å². The van der Waals surface area contributed by atoms with E-state index in [0.29, 0.717) is 11.0 Å². The molecule has 0 bridgehead atoms. The lowest BCUT2D eigenvalue weighted by molar-refractivity contribution is 0.563. The minimum atomic E-state index is -4.61. The van der Waals surface area contributed by atoms with Crippen LogP contribution in [0.15, 0.2) is 29.7 Å². The van der Waals surface area contributed by atoms with Crippen molar-refractivity contribution in [2.24, 2.45) is 0 Å². The SMILES string of the molecule is O=S(=O)(F)/C=C\c1ccc(F)cc1. The zero-order valence-corrected chi connectivity index (χ0v) is 7.26. The summed E-state index contributed by atoms with van der Waals surface area (Å²) in [6.07, 6.45) is 1.05. The molecule has 5 heteroatoms. The number of hydrogen-bond acceptors (Lipinski definition) is 2. The summed E-state index contributed by atoms with van der Waals surface area (Å²) < 4.78 is 44.4. The van der Waals surface area contributed by atoms with Gasteiger partial charge in [-0.1, -0.05) is 12.1 Å². The summed E-state index contributed by atoms with van der Waals surface area (Å²) >= 11 is 0. The van der Waals surface area contributed by atoms with Gasteiger partial charge in [0.2, 0.25) is 0 Å². The molecule has 0 radical (unpaired) electrons. The molecule has 2 nitrogen and oxygen atoms in total. The van der Waals surface area contributed by atoms with Gasteiger partial charge >= 0.3 is 10.2 Å². The van der Waals surface area contributed by atoms with Crippen LogP contribution < -0.4 is 0 Å². The molecule has 1 aromatic carbocycles. The number of hydrogen-bond donors (Lipinski definition) is 0. The Hall–Kier alpha value is -1.23. The van der Waals surface area contributed by atoms with Crippen molar-refractivity contribution in [1.29, 1.82) is 0 Å². The number of halogens is 2. The molecule has 0 spiro atoms. The number of rotatable bonds is 2. The summed E-state index contributed by atoms with van der Waals surface area (Å²) in [5.41, 5.74) is 0.419. The van der Waals surface area contributed by atoms with Crippen LogP contribution >= 0.6 is 0 Å². The summed E-state index contributed by atoms with van der Waals surface area (Å²) in [6, 6.07) is 5.00. The molecule has 0 saturated carbocycles. The van der Waals surface area contributed by atoms with E-state index in [1.54, 1.807) is 0 Å². The van der Waals surface area contributed by atoms with Gasteiger partial charge in [-0.05, 0) is 23.8 Å². The van der Waals surface area contributed by atoms with E-state index in [1.807, 2.05) is 0 Å². The van der Waals surface area contributed by atoms with Crippen molar-refractivity contribution < 1.29 is 16.7 Å². The van der Waals surface area contributed by atoms with E-state index < -0.39 is 16.0 Å². The average Bonchev–Trinajstić information content (AvgIpc) is 2.02. The molecule has 0 saturated heterocycles. The molecule has 1 aromatic rings. The van der Waals surface area contributed by atoms with Crippen LogP contribution in [0.5, 0.6) is 0 Å². The fraction of sp³-hybridized carbons (Fsp3) is 0. The van der Waals surface area contributed by atoms with Gasteiger partial charge in [0.05, 0.1) is 5.41 Å². The average molecular weight is 204 g/mol. The van der Waals surface area contributed by atoms with Crippen molar-refractivity contribution in [3.63, 3.8) is 0 Å². The maximum Gasteiger partial charge on any atom is 0.325 e. The second-order valence-electron chi connectivity index (χ2n) is 2.33. The van der Waals surface area contributed by atoms with E-state index >= 15 is 0 Å². The zero-order chi connectivity index (χ0) is 9.90. The Morgan fingerprint density at radius 3 is 2.15 bits per heavy atom. The Morgan fingerprint density at radius 2 is 1.69 bits per heavy atom. The predicted molar refractivity (Wildman–Crippen MR) is 45.5 cm³/mol. The van der Waals surface area contributed by atoms with Gasteiger partial charge in [0.1, 0.15) is 5.82 Å². The zero-order valence-electron chi connectivity index (χ0n) is 6.44. The van der Waals surface area contributed by atoms with Gasteiger partial charge < -0.3 is 0 Å². The summed E-state index contributed by atoms with van der Waals surface area (Å²) in [7, 11) is -4.61. The first-order chi connectivity index (χ1) is 5.97. The largest absolute Gasteiger partial charge is 0.325 e. The third kappa shape index (κ3) is 3.80. The summed E-state index contributed by atoms with van der Waals surface area (Å²) in [5.74, 6) is -0.430. The molecule has 0 heterocycles. The van der Waals surface area contributed by atoms with E-state index in [0.717, 1.165) is 18.2 Å². The lowest BCUT2D eigenvalue weighted by Gasteiger charge is -1.90. The Labute approximate surface area is 74.7 Å². The number of benzene rings is 1. The van der Waals surface area contributed by atoms with Gasteiger partial charge in [0.25, 0.3) is 0 Å². The summed E-state index contributed by atoms with van der Waals surface area (Å²) in [5, 5.41) is 0.417. The van der Waals surface area contributed by atoms with Crippen molar-refractivity contribution in [2.45, 2.75) is 0 Å². The minimum Gasteiger partial charge on any atom is -0.207 e. The van der Waals surface area contributed by atoms with Gasteiger partial charge in [-0.25, -0.2) is 4.39 Å². The summed E-state index contributed by atoms with van der Waals surface area (Å²) in [6.45, 7) is 0. The maximum absolute atomic E-state index is 12.3. The Morgan fingerprint density at radius 1 is 1.15 bits per heavy atom. The van der Waals surface area contributed by atoms with Crippen LogP contribution in [0.2, 0.25) is 0 Å². The molecule has 0 fully saturated rings. The molecule has 0 aromatic heterocycles. The van der Waals surface area contributed by atoms with Crippen molar-refractivity contribution >= 4 is 16.3 Å². The highest BCUT2D eigenvalue weighted by molar-refractivity contribution is 7.89. The van der Waals surface area contributed by atoms with Crippen molar-refractivity contribution in [3.8, 4) is 0 Å². The van der Waals surface area contributed by atoms with Crippen LogP contribution in [0, 0.1) is 5.82 Å². The first-order valence-electron chi connectivity index (χ1n) is 3.36. The second-order valence-corrected chi connectivity index (χ2v) is 3.55. The lowest BCUT2D eigenvalue weighted by Crippen LogP contribution is -1.81. The minimum absolute atomic E-state index is 0.417. The molecule has 70 valence electrons. The van der Waals surface area contributed by atoms with E-state index in [4.69, 9.17) is 0 Å². The van der Waals surface area contributed by atoms with Crippen LogP contribution in [0.1, 0.15) is 5.56 Å². The monoisotopic (exact) mass is 204 g/mol. The molecule has 0 aliphatic heterocycles. The Bertz CT molecular complexity index is 406. The summed E-state index contributed by atoms with van der Waals surface area (Å²) in [4.78, 5) is 0. The highest BCUT2D eigenvalue weighted by Gasteiger charge is 1.98. The molecule has 0 N–H and O–H groups in total. The van der Waals surface area contributed by atoms with E-state index in [-0.39, 0.29) is 0 Å². The van der Waals surface area contributed by atoms with Crippen LogP contribution in [0.3, 0.4) is 0 Å². The van der Waals surface area contributed by atoms with Crippen molar-refractivity contribution in [1.82, 2.24) is 0 Å². The van der Waals surface area contributed by atoms with E-state index in [2.05, 4.69) is 0 Å². The van der Waals surface area contributed by atoms with Gasteiger partial charge in [0, 0.05) is 0 Å². The first-order valence-corrected chi connectivity index (χ1v) is 4.80. The van der Waals surface area contributed by atoms with Gasteiger partial charge in [-0.2, -0.15) is 8.42 Å². The second kappa shape index (κ2) is 3.66. The van der Waals surface area contributed by atoms with Crippen LogP contribution in [0.25, 0.3) is 6.08 Å².